The van der Waals surface area contributed by atoms with Crippen LogP contribution in [0.3, 0.4) is 0 Å². The summed E-state index contributed by atoms with van der Waals surface area (Å²) in [5, 5.41) is 9.39. The average Bonchev–Trinajstić information content (AvgIpc) is 2.36. The number of carbonyl (C=O) groups is 1. The number of rotatable bonds is 2. The summed E-state index contributed by atoms with van der Waals surface area (Å²) in [6.45, 7) is 0. The van der Waals surface area contributed by atoms with E-state index in [2.05, 4.69) is 0 Å². The molecule has 0 aliphatic rings. The Morgan fingerprint density at radius 1 is 1.06 bits per heavy atom. The zero-order chi connectivity index (χ0) is 13.1. The Bertz CT molecular complexity index is 559. The first-order valence-electron chi connectivity index (χ1n) is 5.03. The molecule has 2 aromatic rings. The lowest BCUT2D eigenvalue weighted by molar-refractivity contribution is 0.0735. The Balaban J connectivity index is 2.25. The summed E-state index contributed by atoms with van der Waals surface area (Å²) in [6, 6.07) is 11.2. The van der Waals surface area contributed by atoms with Crippen molar-refractivity contribution in [2.24, 2.45) is 0 Å². The molecule has 2 aromatic carbocycles. The van der Waals surface area contributed by atoms with Gasteiger partial charge in [-0.2, -0.15) is 0 Å². The van der Waals surface area contributed by atoms with Crippen LogP contribution in [0.1, 0.15) is 10.4 Å². The highest BCUT2D eigenvalue weighted by Gasteiger charge is 2.14. The van der Waals surface area contributed by atoms with Gasteiger partial charge in [0.15, 0.2) is 5.75 Å². The lowest BCUT2D eigenvalue weighted by Gasteiger charge is -2.06. The first-order chi connectivity index (χ1) is 8.58. The third-order valence-corrected chi connectivity index (χ3v) is 2.78. The van der Waals surface area contributed by atoms with Gasteiger partial charge in [-0.25, -0.2) is 4.79 Å². The smallest absolute Gasteiger partial charge is 0.343 e. The van der Waals surface area contributed by atoms with E-state index in [9.17, 15) is 9.90 Å². The monoisotopic (exact) mass is 282 g/mol. The molecule has 92 valence electrons. The van der Waals surface area contributed by atoms with Gasteiger partial charge in [0.25, 0.3) is 0 Å². The van der Waals surface area contributed by atoms with Crippen molar-refractivity contribution in [3.05, 3.63) is 58.1 Å². The van der Waals surface area contributed by atoms with Crippen LogP contribution in [-0.2, 0) is 0 Å². The molecular formula is C13H8Cl2O3. The third kappa shape index (κ3) is 2.75. The van der Waals surface area contributed by atoms with Crippen LogP contribution in [0.5, 0.6) is 11.5 Å². The normalized spacial score (nSPS) is 10.1. The van der Waals surface area contributed by atoms with Gasteiger partial charge in [-0.15, -0.1) is 0 Å². The minimum absolute atomic E-state index is 0.00233. The standard InChI is InChI=1S/C13H8Cl2O3/c14-10-6-8(7-11(15)12(10)16)13(17)18-9-4-2-1-3-5-9/h1-7,16H. The predicted octanol–water partition coefficient (Wildman–Crippen LogP) is 3.92. The first-order valence-corrected chi connectivity index (χ1v) is 5.79. The molecule has 2 rings (SSSR count). The highest BCUT2D eigenvalue weighted by Crippen LogP contribution is 2.32. The van der Waals surface area contributed by atoms with Crippen molar-refractivity contribution in [1.29, 1.82) is 0 Å². The first kappa shape index (κ1) is 12.7. The van der Waals surface area contributed by atoms with E-state index in [1.54, 1.807) is 24.3 Å². The molecule has 0 heterocycles. The number of benzene rings is 2. The van der Waals surface area contributed by atoms with E-state index in [4.69, 9.17) is 27.9 Å². The molecule has 0 aromatic heterocycles. The lowest BCUT2D eigenvalue weighted by atomic mass is 10.2. The highest BCUT2D eigenvalue weighted by molar-refractivity contribution is 6.37. The third-order valence-electron chi connectivity index (χ3n) is 2.21. The van der Waals surface area contributed by atoms with Crippen LogP contribution in [0.15, 0.2) is 42.5 Å². The van der Waals surface area contributed by atoms with Gasteiger partial charge in [-0.3, -0.25) is 0 Å². The number of ether oxygens (including phenoxy) is 1. The summed E-state index contributed by atoms with van der Waals surface area (Å²) >= 11 is 11.4. The zero-order valence-corrected chi connectivity index (χ0v) is 10.6. The summed E-state index contributed by atoms with van der Waals surface area (Å²) in [4.78, 5) is 11.8. The molecule has 0 amide bonds. The molecule has 0 saturated heterocycles. The quantitative estimate of drug-likeness (QED) is 0.671. The van der Waals surface area contributed by atoms with Crippen LogP contribution >= 0.6 is 23.2 Å². The summed E-state index contributed by atoms with van der Waals surface area (Å²) in [6.07, 6.45) is 0. The minimum Gasteiger partial charge on any atom is -0.505 e. The summed E-state index contributed by atoms with van der Waals surface area (Å²) < 4.78 is 5.11. The Hall–Kier alpha value is -1.71. The van der Waals surface area contributed by atoms with Gasteiger partial charge in [-0.05, 0) is 24.3 Å². The van der Waals surface area contributed by atoms with E-state index in [0.717, 1.165) is 0 Å². The van der Waals surface area contributed by atoms with E-state index in [-0.39, 0.29) is 21.4 Å². The SMILES string of the molecule is O=C(Oc1ccccc1)c1cc(Cl)c(O)c(Cl)c1. The number of carbonyl (C=O) groups excluding carboxylic acids is 1. The molecule has 0 unspecified atom stereocenters. The molecule has 0 aliphatic carbocycles. The van der Waals surface area contributed by atoms with Gasteiger partial charge in [0.05, 0.1) is 15.6 Å². The second-order valence-corrected chi connectivity index (χ2v) is 4.31. The van der Waals surface area contributed by atoms with Crippen LogP contribution in [0.4, 0.5) is 0 Å². The molecule has 5 heteroatoms. The van der Waals surface area contributed by atoms with Crippen molar-refractivity contribution >= 4 is 29.2 Å². The zero-order valence-electron chi connectivity index (χ0n) is 9.06. The number of esters is 1. The Morgan fingerprint density at radius 3 is 2.17 bits per heavy atom. The van der Waals surface area contributed by atoms with Crippen molar-refractivity contribution in [2.45, 2.75) is 0 Å². The lowest BCUT2D eigenvalue weighted by Crippen LogP contribution is -2.08. The Labute approximate surface area is 114 Å². The molecule has 0 radical (unpaired) electrons. The maximum atomic E-state index is 11.8. The van der Waals surface area contributed by atoms with Crippen molar-refractivity contribution < 1.29 is 14.6 Å². The van der Waals surface area contributed by atoms with Gasteiger partial charge in [0.1, 0.15) is 5.75 Å². The van der Waals surface area contributed by atoms with E-state index >= 15 is 0 Å². The molecule has 18 heavy (non-hydrogen) atoms. The Kier molecular flexibility index (Phi) is 3.75. The van der Waals surface area contributed by atoms with Gasteiger partial charge in [-0.1, -0.05) is 41.4 Å². The second-order valence-electron chi connectivity index (χ2n) is 3.49. The number of hydrogen-bond donors (Lipinski definition) is 1. The van der Waals surface area contributed by atoms with Crippen molar-refractivity contribution in [3.8, 4) is 11.5 Å². The Morgan fingerprint density at radius 2 is 1.61 bits per heavy atom. The molecule has 0 atom stereocenters. The molecule has 0 fully saturated rings. The van der Waals surface area contributed by atoms with Gasteiger partial charge < -0.3 is 9.84 Å². The summed E-state index contributed by atoms with van der Waals surface area (Å²) in [5.74, 6) is -0.428. The fourth-order valence-electron chi connectivity index (χ4n) is 1.34. The molecule has 3 nitrogen and oxygen atoms in total. The van der Waals surface area contributed by atoms with Gasteiger partial charge in [0, 0.05) is 0 Å². The molecule has 0 saturated carbocycles. The van der Waals surface area contributed by atoms with Crippen molar-refractivity contribution in [1.82, 2.24) is 0 Å². The number of halogens is 2. The van der Waals surface area contributed by atoms with Crippen LogP contribution in [0, 0.1) is 0 Å². The number of para-hydroxylation sites is 1. The molecule has 0 bridgehead atoms. The molecule has 0 spiro atoms. The van der Waals surface area contributed by atoms with Crippen molar-refractivity contribution in [2.75, 3.05) is 0 Å². The number of phenolic OH excluding ortho intramolecular Hbond substituents is 1. The molecule has 1 N–H and O–H groups in total. The van der Waals surface area contributed by atoms with Crippen LogP contribution in [0.25, 0.3) is 0 Å². The van der Waals surface area contributed by atoms with E-state index in [1.807, 2.05) is 6.07 Å². The number of aromatic hydroxyl groups is 1. The molecule has 0 aliphatic heterocycles. The van der Waals surface area contributed by atoms with Crippen molar-refractivity contribution in [3.63, 3.8) is 0 Å². The predicted molar refractivity (Wildman–Crippen MR) is 69.5 cm³/mol. The second kappa shape index (κ2) is 5.29. The maximum absolute atomic E-state index is 11.8. The van der Waals surface area contributed by atoms with Gasteiger partial charge in [0.2, 0.25) is 0 Å². The van der Waals surface area contributed by atoms with E-state index in [0.29, 0.717) is 5.75 Å². The topological polar surface area (TPSA) is 46.5 Å². The van der Waals surface area contributed by atoms with E-state index in [1.165, 1.54) is 12.1 Å². The van der Waals surface area contributed by atoms with Crippen LogP contribution in [-0.4, -0.2) is 11.1 Å². The number of phenols is 1. The van der Waals surface area contributed by atoms with Crippen LogP contribution < -0.4 is 4.74 Å². The number of hydrogen-bond acceptors (Lipinski definition) is 3. The fraction of sp³-hybridized carbons (Fsp3) is 0. The summed E-state index contributed by atoms with van der Waals surface area (Å²) in [7, 11) is 0. The fourth-order valence-corrected chi connectivity index (χ4v) is 1.82. The molecular weight excluding hydrogens is 275 g/mol. The van der Waals surface area contributed by atoms with E-state index < -0.39 is 5.97 Å². The summed E-state index contributed by atoms with van der Waals surface area (Å²) in [5.41, 5.74) is 0.173. The van der Waals surface area contributed by atoms with Crippen LogP contribution in [0.2, 0.25) is 10.0 Å². The maximum Gasteiger partial charge on any atom is 0.343 e. The van der Waals surface area contributed by atoms with Gasteiger partial charge >= 0.3 is 5.97 Å². The average molecular weight is 283 g/mol. The highest BCUT2D eigenvalue weighted by atomic mass is 35.5. The minimum atomic E-state index is -0.593. The largest absolute Gasteiger partial charge is 0.505 e.